The molecule has 4 aliphatic carbocycles. The van der Waals surface area contributed by atoms with Gasteiger partial charge in [-0.2, -0.15) is 0 Å². The molecule has 6 atom stereocenters. The van der Waals surface area contributed by atoms with Gasteiger partial charge in [0.15, 0.2) is 5.78 Å². The minimum Gasteiger partial charge on any atom is -0.399 e. The Balaban J connectivity index is 1.75. The van der Waals surface area contributed by atoms with Crippen LogP contribution in [0.2, 0.25) is 0 Å². The highest BCUT2D eigenvalue weighted by Gasteiger charge is 2.59. The zero-order chi connectivity index (χ0) is 16.4. The molecule has 0 unspecified atom stereocenters. The molecular formula is C20H27NO2. The summed E-state index contributed by atoms with van der Waals surface area (Å²) < 4.78 is 5.60. The van der Waals surface area contributed by atoms with Crippen molar-refractivity contribution >= 4 is 5.78 Å². The Labute approximate surface area is 138 Å². The van der Waals surface area contributed by atoms with Crippen molar-refractivity contribution in [1.29, 1.82) is 0 Å². The van der Waals surface area contributed by atoms with Crippen molar-refractivity contribution in [3.05, 3.63) is 35.6 Å². The largest absolute Gasteiger partial charge is 0.399 e. The maximum Gasteiger partial charge on any atom is 0.162 e. The highest BCUT2D eigenvalue weighted by atomic mass is 16.5. The van der Waals surface area contributed by atoms with Crippen molar-refractivity contribution in [2.75, 3.05) is 7.11 Å². The number of methoxy groups -OCH3 is 1. The molecule has 23 heavy (non-hydrogen) atoms. The number of fused-ring (bicyclic) bond motifs is 5. The van der Waals surface area contributed by atoms with Gasteiger partial charge in [-0.1, -0.05) is 37.6 Å². The average molecular weight is 313 g/mol. The summed E-state index contributed by atoms with van der Waals surface area (Å²) in [6, 6.07) is 0. The molecule has 0 aliphatic heterocycles. The van der Waals surface area contributed by atoms with Gasteiger partial charge >= 0.3 is 0 Å². The van der Waals surface area contributed by atoms with E-state index in [-0.39, 0.29) is 16.9 Å². The lowest BCUT2D eigenvalue weighted by atomic mass is 9.51. The van der Waals surface area contributed by atoms with Gasteiger partial charge in [-0.3, -0.25) is 4.79 Å². The molecule has 0 aromatic carbocycles. The fraction of sp³-hybridized carbons (Fsp3) is 0.650. The maximum atomic E-state index is 12.5. The van der Waals surface area contributed by atoms with Crippen LogP contribution in [-0.2, 0) is 9.53 Å². The van der Waals surface area contributed by atoms with Crippen LogP contribution in [0.4, 0.5) is 0 Å². The van der Waals surface area contributed by atoms with E-state index in [4.69, 9.17) is 10.5 Å². The monoisotopic (exact) mass is 313 g/mol. The summed E-state index contributed by atoms with van der Waals surface area (Å²) in [4.78, 5) is 12.5. The van der Waals surface area contributed by atoms with Gasteiger partial charge in [0.05, 0.1) is 0 Å². The van der Waals surface area contributed by atoms with Crippen LogP contribution in [0.25, 0.3) is 0 Å². The fourth-order valence-electron chi connectivity index (χ4n) is 5.96. The predicted octanol–water partition coefficient (Wildman–Crippen LogP) is 3.37. The standard InChI is InChI=1S/C20H27NO2/c1-19-8-6-13(21)10-12(19)4-5-14-15(19)7-9-20(2)16(14)11-17(22)18(20)23-3/h6-8,10,12,14,16,18H,4-5,9,11,21H2,1-3H3/t12-,14-,16+,18-,19+,20+/m1/s1. The van der Waals surface area contributed by atoms with Gasteiger partial charge < -0.3 is 10.5 Å². The Kier molecular flexibility index (Phi) is 3.19. The van der Waals surface area contributed by atoms with Gasteiger partial charge in [-0.25, -0.2) is 0 Å². The summed E-state index contributed by atoms with van der Waals surface area (Å²) in [6.07, 6.45) is 12.7. The smallest absolute Gasteiger partial charge is 0.162 e. The van der Waals surface area contributed by atoms with Crippen LogP contribution in [-0.4, -0.2) is 19.0 Å². The molecular weight excluding hydrogens is 286 g/mol. The Bertz CT molecular complexity index is 646. The summed E-state index contributed by atoms with van der Waals surface area (Å²) in [7, 11) is 1.69. The van der Waals surface area contributed by atoms with Gasteiger partial charge in [0.25, 0.3) is 0 Å². The Hall–Kier alpha value is -1.35. The van der Waals surface area contributed by atoms with Crippen LogP contribution in [0, 0.1) is 28.6 Å². The topological polar surface area (TPSA) is 52.3 Å². The van der Waals surface area contributed by atoms with E-state index in [2.05, 4.69) is 38.2 Å². The number of Topliss-reactive ketones (excluding diaryl/α,β-unsaturated/α-hetero) is 1. The SMILES string of the molecule is CO[C@@H]1C(=O)C[C@H]2[C@@H]3CC[C@@H]4C=C(N)C=C[C@]4(C)C3=CC[C@]12C. The van der Waals surface area contributed by atoms with E-state index in [9.17, 15) is 4.79 Å². The molecule has 0 spiro atoms. The lowest BCUT2D eigenvalue weighted by molar-refractivity contribution is -0.129. The molecule has 0 amide bonds. The second-order valence-electron chi connectivity index (χ2n) is 8.34. The molecule has 2 saturated carbocycles. The third-order valence-electron chi connectivity index (χ3n) is 7.24. The minimum absolute atomic E-state index is 0.0313. The molecule has 124 valence electrons. The number of carbonyl (C=O) groups is 1. The highest BCUT2D eigenvalue weighted by molar-refractivity contribution is 5.87. The first kappa shape index (κ1) is 15.2. The van der Waals surface area contributed by atoms with Gasteiger partial charge in [-0.15, -0.1) is 0 Å². The van der Waals surface area contributed by atoms with E-state index in [1.807, 2.05) is 0 Å². The number of carbonyl (C=O) groups excluding carboxylic acids is 1. The Morgan fingerprint density at radius 2 is 2.09 bits per heavy atom. The molecule has 3 heteroatoms. The zero-order valence-electron chi connectivity index (χ0n) is 14.3. The summed E-state index contributed by atoms with van der Waals surface area (Å²) in [5.74, 6) is 1.73. The zero-order valence-corrected chi connectivity index (χ0v) is 14.3. The van der Waals surface area contributed by atoms with E-state index in [1.165, 1.54) is 0 Å². The third kappa shape index (κ3) is 1.89. The molecule has 0 aromatic rings. The lowest BCUT2D eigenvalue weighted by Crippen LogP contribution is -2.47. The van der Waals surface area contributed by atoms with Crippen LogP contribution < -0.4 is 5.73 Å². The molecule has 0 saturated heterocycles. The molecule has 0 radical (unpaired) electrons. The van der Waals surface area contributed by atoms with E-state index in [0.29, 0.717) is 30.0 Å². The molecule has 4 rings (SSSR count). The molecule has 4 aliphatic rings. The number of allylic oxidation sites excluding steroid dienone is 5. The first-order valence-corrected chi connectivity index (χ1v) is 8.82. The van der Waals surface area contributed by atoms with Crippen LogP contribution in [0.15, 0.2) is 35.6 Å². The average Bonchev–Trinajstić information content (AvgIpc) is 2.77. The summed E-state index contributed by atoms with van der Waals surface area (Å²) in [5, 5.41) is 0. The first-order chi connectivity index (χ1) is 10.9. The van der Waals surface area contributed by atoms with E-state index >= 15 is 0 Å². The first-order valence-electron chi connectivity index (χ1n) is 8.82. The van der Waals surface area contributed by atoms with Crippen molar-refractivity contribution in [2.45, 2.75) is 45.6 Å². The van der Waals surface area contributed by atoms with E-state index in [1.54, 1.807) is 12.7 Å². The second kappa shape index (κ2) is 4.83. The quantitative estimate of drug-likeness (QED) is 0.755. The van der Waals surface area contributed by atoms with Crippen LogP contribution in [0.5, 0.6) is 0 Å². The van der Waals surface area contributed by atoms with Crippen LogP contribution in [0.3, 0.4) is 0 Å². The van der Waals surface area contributed by atoms with E-state index < -0.39 is 0 Å². The molecule has 0 aromatic heterocycles. The number of hydrogen-bond acceptors (Lipinski definition) is 3. The minimum atomic E-state index is -0.228. The molecule has 0 heterocycles. The molecule has 3 nitrogen and oxygen atoms in total. The number of rotatable bonds is 1. The molecule has 0 bridgehead atoms. The Morgan fingerprint density at radius 3 is 2.83 bits per heavy atom. The number of hydrogen-bond donors (Lipinski definition) is 1. The number of ketones is 1. The molecule has 2 N–H and O–H groups in total. The van der Waals surface area contributed by atoms with Crippen molar-refractivity contribution in [1.82, 2.24) is 0 Å². The van der Waals surface area contributed by atoms with Gasteiger partial charge in [0.1, 0.15) is 6.10 Å². The van der Waals surface area contributed by atoms with Crippen molar-refractivity contribution in [3.8, 4) is 0 Å². The third-order valence-corrected chi connectivity index (χ3v) is 7.24. The van der Waals surface area contributed by atoms with E-state index in [0.717, 1.165) is 25.0 Å². The van der Waals surface area contributed by atoms with Crippen molar-refractivity contribution in [3.63, 3.8) is 0 Å². The summed E-state index contributed by atoms with van der Waals surface area (Å²) in [6.45, 7) is 4.61. The fourth-order valence-corrected chi connectivity index (χ4v) is 5.96. The van der Waals surface area contributed by atoms with Crippen LogP contribution >= 0.6 is 0 Å². The highest BCUT2D eigenvalue weighted by Crippen LogP contribution is 2.62. The predicted molar refractivity (Wildman–Crippen MR) is 90.4 cm³/mol. The van der Waals surface area contributed by atoms with Gasteiger partial charge in [-0.05, 0) is 43.1 Å². The summed E-state index contributed by atoms with van der Waals surface area (Å²) >= 11 is 0. The number of ether oxygens (including phenoxy) is 1. The van der Waals surface area contributed by atoms with Gasteiger partial charge in [0.2, 0.25) is 0 Å². The van der Waals surface area contributed by atoms with Crippen LogP contribution in [0.1, 0.15) is 39.5 Å². The normalized spacial score (nSPS) is 48.2. The second-order valence-corrected chi connectivity index (χ2v) is 8.34. The Morgan fingerprint density at radius 1 is 1.30 bits per heavy atom. The van der Waals surface area contributed by atoms with Gasteiger partial charge in [0, 0.05) is 30.1 Å². The van der Waals surface area contributed by atoms with Crippen molar-refractivity contribution in [2.24, 2.45) is 34.3 Å². The maximum absolute atomic E-state index is 12.5. The van der Waals surface area contributed by atoms with Crippen molar-refractivity contribution < 1.29 is 9.53 Å². The summed E-state index contributed by atoms with van der Waals surface area (Å²) in [5.41, 5.74) is 8.50. The lowest BCUT2D eigenvalue weighted by Gasteiger charge is -2.53. The number of nitrogens with two attached hydrogens (primary N) is 1. The molecule has 2 fully saturated rings.